The molecule has 0 nitrogen and oxygen atoms in total. The summed E-state index contributed by atoms with van der Waals surface area (Å²) in [5.41, 5.74) is 2.98. The van der Waals surface area contributed by atoms with Crippen LogP contribution >= 0.6 is 0 Å². The molecule has 0 N–H and O–H groups in total. The number of hydrogen-bond acceptors (Lipinski definition) is 0. The molecule has 0 saturated carbocycles. The van der Waals surface area contributed by atoms with Crippen LogP contribution in [0, 0.1) is 71.0 Å². The Hall–Kier alpha value is -0.780. The van der Waals surface area contributed by atoms with Crippen LogP contribution in [0.1, 0.15) is 358 Å². The molecule has 0 aliphatic rings. The maximum absolute atomic E-state index is 2.56. The third-order valence-corrected chi connectivity index (χ3v) is 18.8. The lowest BCUT2D eigenvalue weighted by molar-refractivity contribution is 0.272. The summed E-state index contributed by atoms with van der Waals surface area (Å²) in [7, 11) is 0. The second-order valence-corrected chi connectivity index (χ2v) is 28.1. The van der Waals surface area contributed by atoms with Crippen molar-refractivity contribution in [3.63, 3.8) is 0 Å². The summed E-state index contributed by atoms with van der Waals surface area (Å²) in [4.78, 5) is 0. The lowest BCUT2D eigenvalue weighted by Gasteiger charge is -2.25. The Kier molecular flexibility index (Phi) is 45.4. The van der Waals surface area contributed by atoms with Crippen molar-refractivity contribution in [2.24, 2.45) is 71.0 Å². The Morgan fingerprint density at radius 1 is 0.219 bits per heavy atom. The monoisotopic (exact) mass is 1020 g/mol. The van der Waals surface area contributed by atoms with E-state index in [1.807, 2.05) is 0 Å². The highest BCUT2D eigenvalue weighted by Crippen LogP contribution is 2.31. The fourth-order valence-electron chi connectivity index (χ4n) is 13.8. The topological polar surface area (TPSA) is 0 Å². The summed E-state index contributed by atoms with van der Waals surface area (Å²) < 4.78 is 0. The van der Waals surface area contributed by atoms with Gasteiger partial charge in [0, 0.05) is 0 Å². The van der Waals surface area contributed by atoms with E-state index in [1.54, 1.807) is 0 Å². The number of benzene rings is 1. The normalized spacial score (nSPS) is 17.1. The first kappa shape index (κ1) is 70.2. The number of rotatable bonds is 53. The minimum Gasteiger partial charge on any atom is -0.0654 e. The molecule has 0 aromatic heterocycles. The molecule has 0 aliphatic heterocycles. The average Bonchev–Trinajstić information content (AvgIpc) is 3.33. The largest absolute Gasteiger partial charge is 0.0654 e. The van der Waals surface area contributed by atoms with Crippen LogP contribution < -0.4 is 0 Å². The van der Waals surface area contributed by atoms with Crippen molar-refractivity contribution in [3.8, 4) is 0 Å². The second kappa shape index (κ2) is 47.2. The van der Waals surface area contributed by atoms with Crippen molar-refractivity contribution in [2.45, 2.75) is 360 Å². The quantitative estimate of drug-likeness (QED) is 0.0571. The van der Waals surface area contributed by atoms with Crippen molar-refractivity contribution in [1.29, 1.82) is 0 Å². The molecule has 1 rings (SSSR count). The standard InChI is InChI=1S/C73H140/c1-15-17-18-22-26-36-60(3)42-33-45-63(6)46-34-43-62(5)38-31-32-41-67(10)56-69(12)58-71(14)59-70(13)57-68(11)50-49-64(7)47-35-44-61(4)37-27-23-20-19-21-24-28-39-65(8)55-66(9)40-29-25-30-48-73-53-51-72(16-2)52-54-73/h51-54,60-71H,15-50,55-59H2,1-14H3. The van der Waals surface area contributed by atoms with Crippen molar-refractivity contribution in [3.05, 3.63) is 35.4 Å². The van der Waals surface area contributed by atoms with E-state index in [-0.39, 0.29) is 0 Å². The highest BCUT2D eigenvalue weighted by Gasteiger charge is 2.18. The van der Waals surface area contributed by atoms with Crippen molar-refractivity contribution >= 4 is 0 Å². The fraction of sp³-hybridized carbons (Fsp3) is 0.918. The molecule has 0 spiro atoms. The van der Waals surface area contributed by atoms with Gasteiger partial charge in [-0.1, -0.05) is 333 Å². The van der Waals surface area contributed by atoms with Crippen LogP contribution in [0.5, 0.6) is 0 Å². The van der Waals surface area contributed by atoms with Gasteiger partial charge < -0.3 is 0 Å². The van der Waals surface area contributed by atoms with Gasteiger partial charge in [0.1, 0.15) is 0 Å². The summed E-state index contributed by atoms with van der Waals surface area (Å²) in [5, 5.41) is 0. The van der Waals surface area contributed by atoms with Crippen molar-refractivity contribution in [2.75, 3.05) is 0 Å². The molecule has 1 aromatic carbocycles. The van der Waals surface area contributed by atoms with Gasteiger partial charge >= 0.3 is 0 Å². The Balaban J connectivity index is 1.98. The lowest BCUT2D eigenvalue weighted by atomic mass is 9.81. The first-order chi connectivity index (χ1) is 35.1. The number of unbranched alkanes of at least 4 members (excludes halogenated alkanes) is 13. The highest BCUT2D eigenvalue weighted by molar-refractivity contribution is 5.22. The molecule has 0 heterocycles. The Morgan fingerprint density at radius 2 is 0.452 bits per heavy atom. The highest BCUT2D eigenvalue weighted by atomic mass is 14.2. The fourth-order valence-corrected chi connectivity index (χ4v) is 13.8. The van der Waals surface area contributed by atoms with Crippen LogP contribution in [0.4, 0.5) is 0 Å². The third kappa shape index (κ3) is 43.8. The first-order valence-corrected chi connectivity index (χ1v) is 34.2. The van der Waals surface area contributed by atoms with E-state index >= 15 is 0 Å². The molecule has 0 amide bonds. The molecule has 0 radical (unpaired) electrons. The van der Waals surface area contributed by atoms with Crippen LogP contribution in [0.2, 0.25) is 0 Å². The van der Waals surface area contributed by atoms with Crippen molar-refractivity contribution in [1.82, 2.24) is 0 Å². The first-order valence-electron chi connectivity index (χ1n) is 34.2. The van der Waals surface area contributed by atoms with Gasteiger partial charge in [0.05, 0.1) is 0 Å². The Morgan fingerprint density at radius 3 is 0.822 bits per heavy atom. The van der Waals surface area contributed by atoms with E-state index in [1.165, 1.54) is 268 Å². The maximum Gasteiger partial charge on any atom is -0.0279 e. The molecule has 0 aliphatic carbocycles. The van der Waals surface area contributed by atoms with Gasteiger partial charge in [0.15, 0.2) is 0 Å². The number of aryl methyl sites for hydroxylation is 2. The van der Waals surface area contributed by atoms with Crippen LogP contribution in [-0.4, -0.2) is 0 Å². The molecule has 432 valence electrons. The smallest absolute Gasteiger partial charge is 0.0279 e. The second-order valence-electron chi connectivity index (χ2n) is 28.1. The lowest BCUT2D eigenvalue weighted by Crippen LogP contribution is -2.12. The van der Waals surface area contributed by atoms with E-state index in [0.29, 0.717) is 0 Å². The van der Waals surface area contributed by atoms with Gasteiger partial charge in [-0.3, -0.25) is 0 Å². The van der Waals surface area contributed by atoms with Crippen LogP contribution in [0.3, 0.4) is 0 Å². The Labute approximate surface area is 464 Å². The van der Waals surface area contributed by atoms with E-state index in [2.05, 4.69) is 121 Å². The zero-order valence-electron chi connectivity index (χ0n) is 53.2. The Bertz CT molecular complexity index is 1280. The van der Waals surface area contributed by atoms with Crippen LogP contribution in [-0.2, 0) is 12.8 Å². The average molecular weight is 1020 g/mol. The minimum absolute atomic E-state index is 0.872. The molecule has 0 bridgehead atoms. The summed E-state index contributed by atoms with van der Waals surface area (Å²) >= 11 is 0. The zero-order valence-corrected chi connectivity index (χ0v) is 53.2. The predicted octanol–water partition coefficient (Wildman–Crippen LogP) is 25.7. The van der Waals surface area contributed by atoms with Gasteiger partial charge in [-0.05, 0) is 134 Å². The molecular weight excluding hydrogens is 877 g/mol. The summed E-state index contributed by atoms with van der Waals surface area (Å²) in [6, 6.07) is 9.32. The molecular formula is C73H140. The predicted molar refractivity (Wildman–Crippen MR) is 335 cm³/mol. The molecule has 0 saturated heterocycles. The van der Waals surface area contributed by atoms with Crippen LogP contribution in [0.15, 0.2) is 24.3 Å². The zero-order chi connectivity index (χ0) is 53.9. The summed E-state index contributed by atoms with van der Waals surface area (Å²) in [6.07, 6.45) is 58.7. The van der Waals surface area contributed by atoms with E-state index in [0.717, 1.165) is 77.4 Å². The maximum atomic E-state index is 2.56. The van der Waals surface area contributed by atoms with Gasteiger partial charge in [0.25, 0.3) is 0 Å². The third-order valence-electron chi connectivity index (χ3n) is 18.8. The molecule has 12 unspecified atom stereocenters. The molecule has 0 heteroatoms. The summed E-state index contributed by atoms with van der Waals surface area (Å²) in [6.45, 7) is 35.0. The van der Waals surface area contributed by atoms with E-state index < -0.39 is 0 Å². The minimum atomic E-state index is 0.872. The van der Waals surface area contributed by atoms with Crippen molar-refractivity contribution < 1.29 is 0 Å². The molecule has 73 heavy (non-hydrogen) atoms. The number of hydrogen-bond donors (Lipinski definition) is 0. The van der Waals surface area contributed by atoms with Gasteiger partial charge in [-0.2, -0.15) is 0 Å². The van der Waals surface area contributed by atoms with E-state index in [9.17, 15) is 0 Å². The van der Waals surface area contributed by atoms with E-state index in [4.69, 9.17) is 0 Å². The van der Waals surface area contributed by atoms with Gasteiger partial charge in [0.2, 0.25) is 0 Å². The van der Waals surface area contributed by atoms with Gasteiger partial charge in [-0.15, -0.1) is 0 Å². The molecule has 0 fully saturated rings. The van der Waals surface area contributed by atoms with Crippen LogP contribution in [0.25, 0.3) is 0 Å². The molecule has 1 aromatic rings. The summed E-state index contributed by atoms with van der Waals surface area (Å²) in [5.74, 6) is 10.8. The SMILES string of the molecule is CCCCCCCC(C)CCCC(C)CCCC(C)CCCCC(C)CC(C)CC(C)CC(C)CC(C)CCC(C)CCCC(C)CCCCCCCCCC(C)CC(C)CCCCCc1ccc(CC)cc1. The van der Waals surface area contributed by atoms with Gasteiger partial charge in [-0.25, -0.2) is 0 Å². The molecule has 12 atom stereocenters.